The minimum atomic E-state index is -1.22. The third-order valence-electron chi connectivity index (χ3n) is 3.68. The number of esters is 1. The number of methoxy groups -OCH3 is 1. The molecule has 0 bridgehead atoms. The monoisotopic (exact) mass is 334 g/mol. The standard InChI is InChI=1S/C18H26N2O4/c1-12(2)9-10-19-16(22)18(3,4)17(23)20-14-8-6-7-13(11-14)15(21)24-5/h6-8,11-12H,9-10H2,1-5H3,(H,19,22)(H,20,23). The number of hydrogen-bond donors (Lipinski definition) is 2. The van der Waals surface area contributed by atoms with Crippen molar-refractivity contribution in [3.8, 4) is 0 Å². The molecular weight excluding hydrogens is 308 g/mol. The van der Waals surface area contributed by atoms with Crippen LogP contribution in [-0.4, -0.2) is 31.4 Å². The quantitative estimate of drug-likeness (QED) is 0.593. The molecule has 0 aliphatic heterocycles. The molecule has 132 valence electrons. The number of benzene rings is 1. The van der Waals surface area contributed by atoms with Gasteiger partial charge < -0.3 is 15.4 Å². The van der Waals surface area contributed by atoms with E-state index in [2.05, 4.69) is 29.2 Å². The van der Waals surface area contributed by atoms with Crippen LogP contribution in [0.1, 0.15) is 44.5 Å². The zero-order chi connectivity index (χ0) is 18.3. The van der Waals surface area contributed by atoms with Crippen molar-refractivity contribution in [3.05, 3.63) is 29.8 Å². The van der Waals surface area contributed by atoms with Gasteiger partial charge in [0.1, 0.15) is 5.41 Å². The Morgan fingerprint density at radius 3 is 2.42 bits per heavy atom. The molecule has 0 aromatic heterocycles. The minimum Gasteiger partial charge on any atom is -0.465 e. The molecule has 2 amide bonds. The van der Waals surface area contributed by atoms with Gasteiger partial charge in [0.25, 0.3) is 0 Å². The van der Waals surface area contributed by atoms with Gasteiger partial charge in [-0.2, -0.15) is 0 Å². The van der Waals surface area contributed by atoms with Crippen LogP contribution in [0.3, 0.4) is 0 Å². The highest BCUT2D eigenvalue weighted by molar-refractivity contribution is 6.10. The first kappa shape index (κ1) is 19.7. The Morgan fingerprint density at radius 2 is 1.83 bits per heavy atom. The number of hydrogen-bond acceptors (Lipinski definition) is 4. The molecule has 0 fully saturated rings. The van der Waals surface area contributed by atoms with Crippen LogP contribution in [0.5, 0.6) is 0 Å². The van der Waals surface area contributed by atoms with Crippen LogP contribution in [-0.2, 0) is 14.3 Å². The summed E-state index contributed by atoms with van der Waals surface area (Å²) in [5.41, 5.74) is -0.460. The maximum absolute atomic E-state index is 12.4. The molecule has 0 aliphatic carbocycles. The Hall–Kier alpha value is -2.37. The summed E-state index contributed by atoms with van der Waals surface area (Å²) < 4.78 is 4.65. The maximum atomic E-state index is 12.4. The molecule has 6 nitrogen and oxygen atoms in total. The summed E-state index contributed by atoms with van der Waals surface area (Å²) in [5.74, 6) is -0.781. The number of rotatable bonds is 7. The number of carbonyl (C=O) groups is 3. The average Bonchev–Trinajstić information content (AvgIpc) is 2.53. The fourth-order valence-electron chi connectivity index (χ4n) is 1.93. The Kier molecular flexibility index (Phi) is 6.95. The molecular formula is C18H26N2O4. The highest BCUT2D eigenvalue weighted by Gasteiger charge is 2.35. The lowest BCUT2D eigenvalue weighted by Gasteiger charge is -2.23. The van der Waals surface area contributed by atoms with Gasteiger partial charge in [0.05, 0.1) is 12.7 Å². The summed E-state index contributed by atoms with van der Waals surface area (Å²) in [4.78, 5) is 36.2. The van der Waals surface area contributed by atoms with Crippen molar-refractivity contribution >= 4 is 23.5 Å². The third kappa shape index (κ3) is 5.37. The Labute approximate surface area is 143 Å². The predicted octanol–water partition coefficient (Wildman–Crippen LogP) is 2.60. The summed E-state index contributed by atoms with van der Waals surface area (Å²) in [6, 6.07) is 6.39. The van der Waals surface area contributed by atoms with Gasteiger partial charge in [0.15, 0.2) is 0 Å². The van der Waals surface area contributed by atoms with E-state index in [1.54, 1.807) is 32.0 Å². The van der Waals surface area contributed by atoms with E-state index < -0.39 is 17.3 Å². The van der Waals surface area contributed by atoms with Gasteiger partial charge >= 0.3 is 5.97 Å². The van der Waals surface area contributed by atoms with Crippen LogP contribution in [0, 0.1) is 11.3 Å². The van der Waals surface area contributed by atoms with Crippen molar-refractivity contribution in [1.82, 2.24) is 5.32 Å². The number of amides is 2. The largest absolute Gasteiger partial charge is 0.465 e. The number of nitrogens with one attached hydrogen (secondary N) is 2. The molecule has 1 aromatic rings. The van der Waals surface area contributed by atoms with E-state index in [4.69, 9.17) is 0 Å². The number of ether oxygens (including phenoxy) is 1. The molecule has 0 saturated heterocycles. The zero-order valence-corrected chi connectivity index (χ0v) is 14.9. The van der Waals surface area contributed by atoms with Gasteiger partial charge in [-0.05, 0) is 44.4 Å². The lowest BCUT2D eigenvalue weighted by atomic mass is 9.90. The Bertz CT molecular complexity index is 609. The second kappa shape index (κ2) is 8.47. The van der Waals surface area contributed by atoms with Crippen LogP contribution in [0.25, 0.3) is 0 Å². The average molecular weight is 334 g/mol. The van der Waals surface area contributed by atoms with Crippen LogP contribution in [0.2, 0.25) is 0 Å². The van der Waals surface area contributed by atoms with Gasteiger partial charge in [-0.3, -0.25) is 9.59 Å². The lowest BCUT2D eigenvalue weighted by Crippen LogP contribution is -2.45. The van der Waals surface area contributed by atoms with Crippen molar-refractivity contribution in [2.24, 2.45) is 11.3 Å². The van der Waals surface area contributed by atoms with Crippen LogP contribution >= 0.6 is 0 Å². The summed E-state index contributed by atoms with van der Waals surface area (Å²) in [6.07, 6.45) is 0.852. The second-order valence-electron chi connectivity index (χ2n) is 6.59. The Morgan fingerprint density at radius 1 is 1.17 bits per heavy atom. The highest BCUT2D eigenvalue weighted by atomic mass is 16.5. The van der Waals surface area contributed by atoms with Crippen molar-refractivity contribution < 1.29 is 19.1 Å². The van der Waals surface area contributed by atoms with Crippen molar-refractivity contribution in [3.63, 3.8) is 0 Å². The van der Waals surface area contributed by atoms with E-state index in [9.17, 15) is 14.4 Å². The summed E-state index contributed by atoms with van der Waals surface area (Å²) >= 11 is 0. The number of anilines is 1. The molecule has 6 heteroatoms. The molecule has 0 radical (unpaired) electrons. The van der Waals surface area contributed by atoms with Crippen molar-refractivity contribution in [2.75, 3.05) is 19.0 Å². The highest BCUT2D eigenvalue weighted by Crippen LogP contribution is 2.20. The molecule has 0 heterocycles. The molecule has 2 N–H and O–H groups in total. The Balaban J connectivity index is 2.75. The summed E-state index contributed by atoms with van der Waals surface area (Å²) in [7, 11) is 1.29. The van der Waals surface area contributed by atoms with E-state index in [1.165, 1.54) is 13.2 Å². The fraction of sp³-hybridized carbons (Fsp3) is 0.500. The first-order valence-corrected chi connectivity index (χ1v) is 7.96. The number of carbonyl (C=O) groups excluding carboxylic acids is 3. The molecule has 24 heavy (non-hydrogen) atoms. The van der Waals surface area contributed by atoms with Crippen LogP contribution in [0.15, 0.2) is 24.3 Å². The zero-order valence-electron chi connectivity index (χ0n) is 14.9. The second-order valence-corrected chi connectivity index (χ2v) is 6.59. The maximum Gasteiger partial charge on any atom is 0.337 e. The fourth-order valence-corrected chi connectivity index (χ4v) is 1.93. The third-order valence-corrected chi connectivity index (χ3v) is 3.68. The first-order chi connectivity index (χ1) is 11.2. The lowest BCUT2D eigenvalue weighted by molar-refractivity contribution is -0.138. The molecule has 1 aromatic carbocycles. The van der Waals surface area contributed by atoms with E-state index in [-0.39, 0.29) is 5.91 Å². The first-order valence-electron chi connectivity index (χ1n) is 7.96. The molecule has 0 aliphatic rings. The van der Waals surface area contributed by atoms with Crippen molar-refractivity contribution in [2.45, 2.75) is 34.1 Å². The molecule has 1 rings (SSSR count). The topological polar surface area (TPSA) is 84.5 Å². The van der Waals surface area contributed by atoms with Gasteiger partial charge in [-0.25, -0.2) is 4.79 Å². The van der Waals surface area contributed by atoms with E-state index in [0.29, 0.717) is 23.7 Å². The molecule has 0 unspecified atom stereocenters. The minimum absolute atomic E-state index is 0.328. The van der Waals surface area contributed by atoms with Gasteiger partial charge in [-0.1, -0.05) is 19.9 Å². The van der Waals surface area contributed by atoms with E-state index in [0.717, 1.165) is 6.42 Å². The van der Waals surface area contributed by atoms with Crippen LogP contribution < -0.4 is 10.6 Å². The van der Waals surface area contributed by atoms with E-state index >= 15 is 0 Å². The SMILES string of the molecule is COC(=O)c1cccc(NC(=O)C(C)(C)C(=O)NCCC(C)C)c1. The van der Waals surface area contributed by atoms with E-state index in [1.807, 2.05) is 0 Å². The van der Waals surface area contributed by atoms with Crippen LogP contribution in [0.4, 0.5) is 5.69 Å². The normalized spacial score (nSPS) is 11.1. The van der Waals surface area contributed by atoms with Gasteiger partial charge in [-0.15, -0.1) is 0 Å². The molecule has 0 atom stereocenters. The van der Waals surface area contributed by atoms with Gasteiger partial charge in [0, 0.05) is 12.2 Å². The summed E-state index contributed by atoms with van der Waals surface area (Å²) in [5, 5.41) is 5.46. The van der Waals surface area contributed by atoms with Crippen molar-refractivity contribution in [1.29, 1.82) is 0 Å². The molecule has 0 spiro atoms. The summed E-state index contributed by atoms with van der Waals surface area (Å²) in [6.45, 7) is 7.80. The van der Waals surface area contributed by atoms with Gasteiger partial charge in [0.2, 0.25) is 11.8 Å². The molecule has 0 saturated carbocycles. The smallest absolute Gasteiger partial charge is 0.337 e. The predicted molar refractivity (Wildman–Crippen MR) is 92.7 cm³/mol.